The zero-order valence-corrected chi connectivity index (χ0v) is 17.9. The lowest BCUT2D eigenvalue weighted by Gasteiger charge is -2.14. The van der Waals surface area contributed by atoms with E-state index in [1.807, 2.05) is 31.2 Å². The van der Waals surface area contributed by atoms with Gasteiger partial charge in [0.05, 0.1) is 12.7 Å². The molecule has 6 heteroatoms. The predicted octanol–water partition coefficient (Wildman–Crippen LogP) is 5.82. The molecule has 0 aromatic heterocycles. The zero-order valence-electron chi connectivity index (χ0n) is 17.9. The molecule has 0 aliphatic carbocycles. The van der Waals surface area contributed by atoms with Crippen LogP contribution in [-0.4, -0.2) is 18.9 Å². The van der Waals surface area contributed by atoms with Gasteiger partial charge in [-0.25, -0.2) is 4.79 Å². The Labute approximate surface area is 182 Å². The summed E-state index contributed by atoms with van der Waals surface area (Å²) in [6.45, 7) is 4.18. The van der Waals surface area contributed by atoms with Crippen LogP contribution in [0.15, 0.2) is 66.7 Å². The number of anilines is 2. The zero-order chi connectivity index (χ0) is 22.2. The maximum atomic E-state index is 12.5. The largest absolute Gasteiger partial charge is 0.497 e. The summed E-state index contributed by atoms with van der Waals surface area (Å²) in [5, 5.41) is 5.50. The van der Waals surface area contributed by atoms with E-state index in [0.29, 0.717) is 41.5 Å². The van der Waals surface area contributed by atoms with E-state index in [0.717, 1.165) is 5.56 Å². The van der Waals surface area contributed by atoms with Crippen molar-refractivity contribution < 1.29 is 19.1 Å². The summed E-state index contributed by atoms with van der Waals surface area (Å²) in [7, 11) is 1.58. The molecule has 0 saturated heterocycles. The van der Waals surface area contributed by atoms with Gasteiger partial charge in [0.15, 0.2) is 5.78 Å². The Morgan fingerprint density at radius 2 is 1.52 bits per heavy atom. The van der Waals surface area contributed by atoms with Gasteiger partial charge >= 0.3 is 6.03 Å². The molecule has 0 spiro atoms. The van der Waals surface area contributed by atoms with Crippen molar-refractivity contribution in [3.8, 4) is 11.5 Å². The second-order valence-corrected chi connectivity index (χ2v) is 7.07. The van der Waals surface area contributed by atoms with E-state index < -0.39 is 6.03 Å². The number of hydrogen-bond donors (Lipinski definition) is 2. The molecular weight excluding hydrogens is 392 g/mol. The molecule has 0 fully saturated rings. The molecule has 0 heterocycles. The maximum absolute atomic E-state index is 12.5. The van der Waals surface area contributed by atoms with Crippen LogP contribution in [0, 0.1) is 6.92 Å². The molecule has 0 aliphatic heterocycles. The Bertz CT molecular complexity index is 1040. The fourth-order valence-corrected chi connectivity index (χ4v) is 2.96. The number of methoxy groups -OCH3 is 1. The first-order valence-electron chi connectivity index (χ1n) is 10.1. The van der Waals surface area contributed by atoms with Crippen molar-refractivity contribution in [3.63, 3.8) is 0 Å². The molecule has 0 bridgehead atoms. The van der Waals surface area contributed by atoms with E-state index in [-0.39, 0.29) is 5.78 Å². The van der Waals surface area contributed by atoms with Gasteiger partial charge in [-0.3, -0.25) is 4.79 Å². The highest BCUT2D eigenvalue weighted by Crippen LogP contribution is 2.26. The third-order valence-corrected chi connectivity index (χ3v) is 4.72. The number of rotatable bonds is 8. The number of ketones is 1. The van der Waals surface area contributed by atoms with Crippen LogP contribution in [0.3, 0.4) is 0 Å². The van der Waals surface area contributed by atoms with Gasteiger partial charge in [0.2, 0.25) is 0 Å². The maximum Gasteiger partial charge on any atom is 0.323 e. The molecule has 6 nitrogen and oxygen atoms in total. The summed E-state index contributed by atoms with van der Waals surface area (Å²) < 4.78 is 11.0. The van der Waals surface area contributed by atoms with Crippen LogP contribution in [0.5, 0.6) is 11.5 Å². The Morgan fingerprint density at radius 1 is 0.871 bits per heavy atom. The first kappa shape index (κ1) is 21.9. The number of hydrogen-bond acceptors (Lipinski definition) is 4. The first-order valence-corrected chi connectivity index (χ1v) is 10.1. The molecule has 0 unspecified atom stereocenters. The van der Waals surface area contributed by atoms with Crippen LogP contribution in [0.2, 0.25) is 0 Å². The average molecular weight is 418 g/mol. The minimum absolute atomic E-state index is 0.0573. The number of amides is 2. The van der Waals surface area contributed by atoms with Crippen molar-refractivity contribution >= 4 is 23.2 Å². The highest BCUT2D eigenvalue weighted by atomic mass is 16.5. The van der Waals surface area contributed by atoms with Crippen molar-refractivity contribution in [2.24, 2.45) is 0 Å². The van der Waals surface area contributed by atoms with Crippen LogP contribution in [0.4, 0.5) is 16.2 Å². The highest BCUT2D eigenvalue weighted by molar-refractivity contribution is 6.03. The Hall–Kier alpha value is -3.80. The predicted molar refractivity (Wildman–Crippen MR) is 122 cm³/mol. The fraction of sp³-hybridized carbons (Fsp3) is 0.200. The number of ether oxygens (including phenoxy) is 2. The molecule has 0 radical (unpaired) electrons. The van der Waals surface area contributed by atoms with Gasteiger partial charge in [-0.2, -0.15) is 0 Å². The number of Topliss-reactive ketones (excluding diaryl/α,β-unsaturated/α-hetero) is 1. The van der Waals surface area contributed by atoms with E-state index in [2.05, 4.69) is 10.6 Å². The standard InChI is InChI=1S/C25H26N2O4/c1-4-23(28)22-15-20(27-25(29)26-19-9-12-21(30-3)13-10-19)11-14-24(22)31-16-18-7-5-17(2)6-8-18/h5-15H,4,16H2,1-3H3,(H2,26,27,29). The Balaban J connectivity index is 1.69. The SMILES string of the molecule is CCC(=O)c1cc(NC(=O)Nc2ccc(OC)cc2)ccc1OCc1ccc(C)cc1. The summed E-state index contributed by atoms with van der Waals surface area (Å²) >= 11 is 0. The summed E-state index contributed by atoms with van der Waals surface area (Å²) in [4.78, 5) is 24.8. The molecule has 0 atom stereocenters. The molecule has 160 valence electrons. The quantitative estimate of drug-likeness (QED) is 0.452. The molecule has 31 heavy (non-hydrogen) atoms. The van der Waals surface area contributed by atoms with Gasteiger partial charge in [-0.15, -0.1) is 0 Å². The Kier molecular flexibility index (Phi) is 7.27. The number of carbonyl (C=O) groups is 2. The van der Waals surface area contributed by atoms with Crippen LogP contribution in [0.1, 0.15) is 34.8 Å². The Morgan fingerprint density at radius 3 is 2.16 bits per heavy atom. The van der Waals surface area contributed by atoms with E-state index in [1.165, 1.54) is 5.56 Å². The first-order chi connectivity index (χ1) is 15.0. The second kappa shape index (κ2) is 10.3. The van der Waals surface area contributed by atoms with Crippen molar-refractivity contribution in [3.05, 3.63) is 83.4 Å². The van der Waals surface area contributed by atoms with Gasteiger partial charge in [0.1, 0.15) is 18.1 Å². The lowest BCUT2D eigenvalue weighted by Crippen LogP contribution is -2.19. The molecule has 3 aromatic rings. The lowest BCUT2D eigenvalue weighted by atomic mass is 10.1. The lowest BCUT2D eigenvalue weighted by molar-refractivity contribution is 0.0983. The minimum atomic E-state index is -0.409. The van der Waals surface area contributed by atoms with Crippen LogP contribution >= 0.6 is 0 Å². The second-order valence-electron chi connectivity index (χ2n) is 7.07. The highest BCUT2D eigenvalue weighted by Gasteiger charge is 2.14. The number of aryl methyl sites for hydroxylation is 1. The van der Waals surface area contributed by atoms with Gasteiger partial charge < -0.3 is 20.1 Å². The third-order valence-electron chi connectivity index (χ3n) is 4.72. The minimum Gasteiger partial charge on any atom is -0.497 e. The van der Waals surface area contributed by atoms with Gasteiger partial charge in [0.25, 0.3) is 0 Å². The molecular formula is C25H26N2O4. The average Bonchev–Trinajstić information content (AvgIpc) is 2.79. The number of nitrogens with one attached hydrogen (secondary N) is 2. The number of benzene rings is 3. The van der Waals surface area contributed by atoms with Crippen LogP contribution in [-0.2, 0) is 6.61 Å². The molecule has 3 aromatic carbocycles. The summed E-state index contributed by atoms with van der Waals surface area (Å²) in [6, 6.07) is 19.7. The fourth-order valence-electron chi connectivity index (χ4n) is 2.96. The molecule has 0 aliphatic rings. The molecule has 2 N–H and O–H groups in total. The third kappa shape index (κ3) is 6.09. The molecule has 3 rings (SSSR count). The molecule has 0 saturated carbocycles. The normalized spacial score (nSPS) is 10.3. The van der Waals surface area contributed by atoms with Crippen molar-refractivity contribution in [1.29, 1.82) is 0 Å². The van der Waals surface area contributed by atoms with Gasteiger partial charge in [-0.05, 0) is 55.0 Å². The molecule has 2 amide bonds. The smallest absolute Gasteiger partial charge is 0.323 e. The summed E-state index contributed by atoms with van der Waals surface area (Å²) in [5.74, 6) is 1.14. The van der Waals surface area contributed by atoms with Crippen molar-refractivity contribution in [2.75, 3.05) is 17.7 Å². The summed E-state index contributed by atoms with van der Waals surface area (Å²) in [6.07, 6.45) is 0.336. The van der Waals surface area contributed by atoms with E-state index in [4.69, 9.17) is 9.47 Å². The van der Waals surface area contributed by atoms with E-state index in [1.54, 1.807) is 56.5 Å². The van der Waals surface area contributed by atoms with E-state index >= 15 is 0 Å². The van der Waals surface area contributed by atoms with Gasteiger partial charge in [-0.1, -0.05) is 36.8 Å². The number of urea groups is 1. The van der Waals surface area contributed by atoms with Crippen LogP contribution in [0.25, 0.3) is 0 Å². The summed E-state index contributed by atoms with van der Waals surface area (Å²) in [5.41, 5.74) is 3.76. The topological polar surface area (TPSA) is 76.7 Å². The van der Waals surface area contributed by atoms with E-state index in [9.17, 15) is 9.59 Å². The van der Waals surface area contributed by atoms with Crippen LogP contribution < -0.4 is 20.1 Å². The number of carbonyl (C=O) groups excluding carboxylic acids is 2. The van der Waals surface area contributed by atoms with Gasteiger partial charge in [0, 0.05) is 17.8 Å². The van der Waals surface area contributed by atoms with Crippen molar-refractivity contribution in [1.82, 2.24) is 0 Å². The monoisotopic (exact) mass is 418 g/mol. The van der Waals surface area contributed by atoms with Crippen molar-refractivity contribution in [2.45, 2.75) is 26.9 Å².